The van der Waals surface area contributed by atoms with Gasteiger partial charge in [-0.1, -0.05) is 0 Å². The van der Waals surface area contributed by atoms with E-state index in [0.717, 1.165) is 31.0 Å². The largest absolute Gasteiger partial charge is 0.325 e. The molecule has 0 bridgehead atoms. The molecule has 0 atom stereocenters. The van der Waals surface area contributed by atoms with Crippen molar-refractivity contribution in [3.05, 3.63) is 22.8 Å². The van der Waals surface area contributed by atoms with Crippen molar-refractivity contribution < 1.29 is 0 Å². The van der Waals surface area contributed by atoms with E-state index < -0.39 is 0 Å². The number of fused-ring (bicyclic) bond motifs is 1. The van der Waals surface area contributed by atoms with E-state index in [1.165, 1.54) is 11.3 Å². The van der Waals surface area contributed by atoms with E-state index in [1.807, 2.05) is 6.92 Å². The van der Waals surface area contributed by atoms with Crippen LogP contribution in [0, 0.1) is 6.92 Å². The van der Waals surface area contributed by atoms with Gasteiger partial charge in [-0.15, -0.1) is 0 Å². The molecule has 0 amide bonds. The summed E-state index contributed by atoms with van der Waals surface area (Å²) >= 11 is 0. The smallest absolute Gasteiger partial charge is 0.125 e. The third-order valence-corrected chi connectivity index (χ3v) is 2.32. The molecular weight excluding hydrogens is 164 g/mol. The first kappa shape index (κ1) is 8.59. The highest BCUT2D eigenvalue weighted by Gasteiger charge is 2.14. The SMILES string of the molecule is Cc1nc(CN)c2c(n1)CCNC2. The zero-order valence-electron chi connectivity index (χ0n) is 7.80. The Kier molecular flexibility index (Phi) is 2.24. The minimum absolute atomic E-state index is 0.507. The van der Waals surface area contributed by atoms with Gasteiger partial charge < -0.3 is 11.1 Å². The molecule has 0 saturated heterocycles. The van der Waals surface area contributed by atoms with Crippen LogP contribution in [0.5, 0.6) is 0 Å². The lowest BCUT2D eigenvalue weighted by atomic mass is 10.1. The molecule has 0 unspecified atom stereocenters. The van der Waals surface area contributed by atoms with Crippen molar-refractivity contribution >= 4 is 0 Å². The molecule has 0 aromatic carbocycles. The lowest BCUT2D eigenvalue weighted by molar-refractivity contribution is 0.612. The van der Waals surface area contributed by atoms with Crippen molar-refractivity contribution in [1.82, 2.24) is 15.3 Å². The molecule has 0 fully saturated rings. The van der Waals surface area contributed by atoms with E-state index in [9.17, 15) is 0 Å². The number of rotatable bonds is 1. The van der Waals surface area contributed by atoms with Crippen molar-refractivity contribution in [2.75, 3.05) is 6.54 Å². The predicted octanol–water partition coefficient (Wildman–Crippen LogP) is -0.111. The van der Waals surface area contributed by atoms with Gasteiger partial charge in [0.15, 0.2) is 0 Å². The standard InChI is InChI=1S/C9H14N4/c1-6-12-8-2-3-11-5-7(8)9(4-10)13-6/h11H,2-5,10H2,1H3. The molecule has 1 aliphatic heterocycles. The van der Waals surface area contributed by atoms with Gasteiger partial charge in [0.2, 0.25) is 0 Å². The number of hydrogen-bond donors (Lipinski definition) is 2. The fourth-order valence-electron chi connectivity index (χ4n) is 1.72. The Morgan fingerprint density at radius 3 is 3.08 bits per heavy atom. The van der Waals surface area contributed by atoms with Gasteiger partial charge >= 0.3 is 0 Å². The molecule has 0 aliphatic carbocycles. The Morgan fingerprint density at radius 2 is 2.31 bits per heavy atom. The molecule has 0 radical (unpaired) electrons. The van der Waals surface area contributed by atoms with E-state index in [1.54, 1.807) is 0 Å². The summed E-state index contributed by atoms with van der Waals surface area (Å²) in [6.45, 7) is 4.30. The first-order chi connectivity index (χ1) is 6.31. The van der Waals surface area contributed by atoms with Crippen molar-refractivity contribution in [2.24, 2.45) is 5.73 Å². The Balaban J connectivity index is 2.50. The monoisotopic (exact) mass is 178 g/mol. The maximum atomic E-state index is 5.62. The minimum atomic E-state index is 0.507. The fraction of sp³-hybridized carbons (Fsp3) is 0.556. The summed E-state index contributed by atoms with van der Waals surface area (Å²) in [6, 6.07) is 0. The topological polar surface area (TPSA) is 63.8 Å². The molecular formula is C9H14N4. The minimum Gasteiger partial charge on any atom is -0.325 e. The van der Waals surface area contributed by atoms with Gasteiger partial charge in [0, 0.05) is 31.6 Å². The van der Waals surface area contributed by atoms with Crippen LogP contribution in [0.15, 0.2) is 0 Å². The van der Waals surface area contributed by atoms with E-state index >= 15 is 0 Å². The van der Waals surface area contributed by atoms with Crippen LogP contribution in [0.25, 0.3) is 0 Å². The van der Waals surface area contributed by atoms with Gasteiger partial charge in [-0.3, -0.25) is 0 Å². The number of aryl methyl sites for hydroxylation is 1. The van der Waals surface area contributed by atoms with E-state index in [2.05, 4.69) is 15.3 Å². The Hall–Kier alpha value is -1.00. The molecule has 0 spiro atoms. The van der Waals surface area contributed by atoms with Crippen LogP contribution in [-0.4, -0.2) is 16.5 Å². The maximum absolute atomic E-state index is 5.62. The number of nitrogens with one attached hydrogen (secondary N) is 1. The van der Waals surface area contributed by atoms with E-state index in [0.29, 0.717) is 6.54 Å². The lowest BCUT2D eigenvalue weighted by Gasteiger charge is -2.18. The second-order valence-electron chi connectivity index (χ2n) is 3.27. The highest BCUT2D eigenvalue weighted by atomic mass is 15.0. The van der Waals surface area contributed by atoms with Crippen molar-refractivity contribution in [3.8, 4) is 0 Å². The molecule has 0 saturated carbocycles. The molecule has 1 aliphatic rings. The predicted molar refractivity (Wildman–Crippen MR) is 50.1 cm³/mol. The summed E-state index contributed by atoms with van der Waals surface area (Å²) in [5.41, 5.74) is 9.00. The second kappa shape index (κ2) is 3.40. The Bertz CT molecular complexity index is 304. The van der Waals surface area contributed by atoms with Crippen molar-refractivity contribution in [3.63, 3.8) is 0 Å². The summed E-state index contributed by atoms with van der Waals surface area (Å²) < 4.78 is 0. The quantitative estimate of drug-likeness (QED) is 0.630. The average Bonchev–Trinajstić information content (AvgIpc) is 2.16. The van der Waals surface area contributed by atoms with Gasteiger partial charge in [-0.25, -0.2) is 9.97 Å². The van der Waals surface area contributed by atoms with E-state index in [-0.39, 0.29) is 0 Å². The average molecular weight is 178 g/mol. The van der Waals surface area contributed by atoms with Crippen LogP contribution in [-0.2, 0) is 19.5 Å². The summed E-state index contributed by atoms with van der Waals surface area (Å²) in [5.74, 6) is 0.834. The second-order valence-corrected chi connectivity index (χ2v) is 3.27. The Morgan fingerprint density at radius 1 is 1.46 bits per heavy atom. The molecule has 70 valence electrons. The van der Waals surface area contributed by atoms with Crippen LogP contribution >= 0.6 is 0 Å². The van der Waals surface area contributed by atoms with Gasteiger partial charge in [0.1, 0.15) is 5.82 Å². The van der Waals surface area contributed by atoms with Gasteiger partial charge in [0.25, 0.3) is 0 Å². The third-order valence-electron chi connectivity index (χ3n) is 2.32. The fourth-order valence-corrected chi connectivity index (χ4v) is 1.72. The summed E-state index contributed by atoms with van der Waals surface area (Å²) in [5, 5.41) is 3.30. The Labute approximate surface area is 77.6 Å². The molecule has 2 rings (SSSR count). The number of nitrogens with two attached hydrogens (primary N) is 1. The molecule has 1 aromatic heterocycles. The molecule has 4 heteroatoms. The van der Waals surface area contributed by atoms with Crippen LogP contribution < -0.4 is 11.1 Å². The van der Waals surface area contributed by atoms with Crippen LogP contribution in [0.1, 0.15) is 22.8 Å². The first-order valence-electron chi connectivity index (χ1n) is 4.57. The highest BCUT2D eigenvalue weighted by molar-refractivity contribution is 5.28. The number of aromatic nitrogens is 2. The highest BCUT2D eigenvalue weighted by Crippen LogP contribution is 2.14. The maximum Gasteiger partial charge on any atom is 0.125 e. The van der Waals surface area contributed by atoms with Crippen molar-refractivity contribution in [2.45, 2.75) is 26.4 Å². The third kappa shape index (κ3) is 1.55. The summed E-state index contributed by atoms with van der Waals surface area (Å²) in [6.07, 6.45) is 0.992. The molecule has 1 aromatic rings. The number of nitrogens with zero attached hydrogens (tertiary/aromatic N) is 2. The normalized spacial score (nSPS) is 15.5. The summed E-state index contributed by atoms with van der Waals surface area (Å²) in [4.78, 5) is 8.74. The van der Waals surface area contributed by atoms with Gasteiger partial charge in [-0.05, 0) is 6.92 Å². The molecule has 2 heterocycles. The van der Waals surface area contributed by atoms with Crippen LogP contribution in [0.4, 0.5) is 0 Å². The van der Waals surface area contributed by atoms with Gasteiger partial charge in [-0.2, -0.15) is 0 Å². The van der Waals surface area contributed by atoms with Crippen LogP contribution in [0.3, 0.4) is 0 Å². The first-order valence-corrected chi connectivity index (χ1v) is 4.57. The zero-order chi connectivity index (χ0) is 9.26. The lowest BCUT2D eigenvalue weighted by Crippen LogP contribution is -2.27. The molecule has 13 heavy (non-hydrogen) atoms. The zero-order valence-corrected chi connectivity index (χ0v) is 7.80. The van der Waals surface area contributed by atoms with Crippen LogP contribution in [0.2, 0.25) is 0 Å². The van der Waals surface area contributed by atoms with Gasteiger partial charge in [0.05, 0.1) is 11.4 Å². The molecule has 3 N–H and O–H groups in total. The van der Waals surface area contributed by atoms with E-state index in [4.69, 9.17) is 5.73 Å². The summed E-state index contributed by atoms with van der Waals surface area (Å²) in [7, 11) is 0. The molecule has 4 nitrogen and oxygen atoms in total. The van der Waals surface area contributed by atoms with Crippen molar-refractivity contribution in [1.29, 1.82) is 0 Å². The number of hydrogen-bond acceptors (Lipinski definition) is 4.